The second-order valence-corrected chi connectivity index (χ2v) is 4.44. The van der Waals surface area contributed by atoms with Crippen LogP contribution in [0.2, 0.25) is 0 Å². The van der Waals surface area contributed by atoms with Gasteiger partial charge in [0.15, 0.2) is 0 Å². The summed E-state index contributed by atoms with van der Waals surface area (Å²) in [6.45, 7) is 0.626. The van der Waals surface area contributed by atoms with Crippen LogP contribution in [0.25, 0.3) is 0 Å². The minimum atomic E-state index is -0.0692. The molecule has 0 amide bonds. The standard InChI is InChI=1S/C8H7BrN2OS/c9-6-1-4-13-7(6)5-11-3-2-10-8(11)12/h1-4H,5H2,(H,10,12). The van der Waals surface area contributed by atoms with Crippen LogP contribution in [0.4, 0.5) is 0 Å². The summed E-state index contributed by atoms with van der Waals surface area (Å²) in [5, 5.41) is 2.00. The van der Waals surface area contributed by atoms with Gasteiger partial charge in [0.05, 0.1) is 6.54 Å². The average Bonchev–Trinajstić information content (AvgIpc) is 2.65. The molecule has 0 saturated carbocycles. The first-order valence-electron chi connectivity index (χ1n) is 3.73. The fraction of sp³-hybridized carbons (Fsp3) is 0.125. The Morgan fingerprint density at radius 3 is 3.00 bits per heavy atom. The molecule has 1 N–H and O–H groups in total. The molecule has 13 heavy (non-hydrogen) atoms. The maximum atomic E-state index is 11.2. The maximum absolute atomic E-state index is 11.2. The molecule has 0 unspecified atom stereocenters. The Morgan fingerprint density at radius 1 is 1.62 bits per heavy atom. The Kier molecular flexibility index (Phi) is 2.37. The third-order valence-corrected chi connectivity index (χ3v) is 3.64. The highest BCUT2D eigenvalue weighted by Gasteiger charge is 2.03. The van der Waals surface area contributed by atoms with Gasteiger partial charge in [-0.3, -0.25) is 4.57 Å². The molecule has 0 aliphatic carbocycles. The van der Waals surface area contributed by atoms with E-state index in [0.717, 1.165) is 9.35 Å². The molecule has 2 rings (SSSR count). The van der Waals surface area contributed by atoms with E-state index in [1.54, 1.807) is 28.3 Å². The van der Waals surface area contributed by atoms with Crippen molar-refractivity contribution in [3.05, 3.63) is 43.7 Å². The fourth-order valence-corrected chi connectivity index (χ4v) is 2.54. The number of hydrogen-bond donors (Lipinski definition) is 1. The van der Waals surface area contributed by atoms with Crippen LogP contribution in [0.1, 0.15) is 4.88 Å². The van der Waals surface area contributed by atoms with Gasteiger partial charge in [0.25, 0.3) is 0 Å². The molecule has 0 spiro atoms. The number of halogens is 1. The summed E-state index contributed by atoms with van der Waals surface area (Å²) in [5.41, 5.74) is -0.0692. The van der Waals surface area contributed by atoms with E-state index >= 15 is 0 Å². The molecule has 0 fully saturated rings. The predicted molar refractivity (Wildman–Crippen MR) is 56.2 cm³/mol. The van der Waals surface area contributed by atoms with Gasteiger partial charge in [0.2, 0.25) is 0 Å². The van der Waals surface area contributed by atoms with Gasteiger partial charge in [-0.2, -0.15) is 0 Å². The van der Waals surface area contributed by atoms with Crippen molar-refractivity contribution in [3.63, 3.8) is 0 Å². The van der Waals surface area contributed by atoms with Gasteiger partial charge in [-0.1, -0.05) is 0 Å². The summed E-state index contributed by atoms with van der Waals surface area (Å²) in [6.07, 6.45) is 3.39. The molecule has 0 saturated heterocycles. The van der Waals surface area contributed by atoms with E-state index in [1.807, 2.05) is 11.4 Å². The molecule has 2 aromatic rings. The van der Waals surface area contributed by atoms with Gasteiger partial charge in [-0.15, -0.1) is 11.3 Å². The zero-order chi connectivity index (χ0) is 9.26. The van der Waals surface area contributed by atoms with Crippen LogP contribution in [0.15, 0.2) is 33.1 Å². The molecule has 0 atom stereocenters. The van der Waals surface area contributed by atoms with Crippen molar-refractivity contribution >= 4 is 27.3 Å². The van der Waals surface area contributed by atoms with Gasteiger partial charge >= 0.3 is 5.69 Å². The number of rotatable bonds is 2. The third-order valence-electron chi connectivity index (χ3n) is 1.73. The zero-order valence-corrected chi connectivity index (χ0v) is 9.06. The highest BCUT2D eigenvalue weighted by Crippen LogP contribution is 2.22. The minimum absolute atomic E-state index is 0.0692. The Bertz CT molecular complexity index is 456. The molecule has 0 aliphatic rings. The minimum Gasteiger partial charge on any atom is -0.313 e. The Labute approximate surface area is 87.2 Å². The van der Waals surface area contributed by atoms with Crippen LogP contribution in [0, 0.1) is 0 Å². The van der Waals surface area contributed by atoms with E-state index in [4.69, 9.17) is 0 Å². The number of thiophene rings is 1. The lowest BCUT2D eigenvalue weighted by atomic mass is 10.4. The average molecular weight is 259 g/mol. The smallest absolute Gasteiger partial charge is 0.313 e. The first-order chi connectivity index (χ1) is 6.27. The third kappa shape index (κ3) is 1.76. The SMILES string of the molecule is O=c1[nH]ccn1Cc1sccc1Br. The van der Waals surface area contributed by atoms with E-state index in [2.05, 4.69) is 20.9 Å². The van der Waals surface area contributed by atoms with Crippen molar-refractivity contribution in [1.29, 1.82) is 0 Å². The molecule has 68 valence electrons. The summed E-state index contributed by atoms with van der Waals surface area (Å²) in [6, 6.07) is 1.98. The maximum Gasteiger partial charge on any atom is 0.325 e. The van der Waals surface area contributed by atoms with Crippen LogP contribution < -0.4 is 5.69 Å². The molecule has 3 nitrogen and oxygen atoms in total. The Morgan fingerprint density at radius 2 is 2.46 bits per heavy atom. The molecule has 0 aliphatic heterocycles. The van der Waals surface area contributed by atoms with Gasteiger partial charge in [-0.05, 0) is 27.4 Å². The van der Waals surface area contributed by atoms with Crippen molar-refractivity contribution < 1.29 is 0 Å². The summed E-state index contributed by atoms with van der Waals surface area (Å²) < 4.78 is 2.70. The van der Waals surface area contributed by atoms with E-state index in [1.165, 1.54) is 0 Å². The van der Waals surface area contributed by atoms with Gasteiger partial charge in [0.1, 0.15) is 0 Å². The first kappa shape index (κ1) is 8.77. The summed E-state index contributed by atoms with van der Waals surface area (Å²) in [7, 11) is 0. The molecule has 0 radical (unpaired) electrons. The molecule has 5 heteroatoms. The van der Waals surface area contributed by atoms with Crippen LogP contribution >= 0.6 is 27.3 Å². The van der Waals surface area contributed by atoms with Crippen molar-refractivity contribution in [1.82, 2.24) is 9.55 Å². The lowest BCUT2D eigenvalue weighted by molar-refractivity contribution is 0.770. The summed E-state index contributed by atoms with van der Waals surface area (Å²) >= 11 is 5.06. The lowest BCUT2D eigenvalue weighted by Crippen LogP contribution is -2.16. The molecule has 0 aromatic carbocycles. The second kappa shape index (κ2) is 3.51. The molecular formula is C8H7BrN2OS. The van der Waals surface area contributed by atoms with Crippen molar-refractivity contribution in [3.8, 4) is 0 Å². The number of aromatic amines is 1. The number of nitrogens with one attached hydrogen (secondary N) is 1. The molecule has 2 heterocycles. The number of nitrogens with zero attached hydrogens (tertiary/aromatic N) is 1. The topological polar surface area (TPSA) is 37.8 Å². The van der Waals surface area contributed by atoms with Crippen LogP contribution in [0.5, 0.6) is 0 Å². The van der Waals surface area contributed by atoms with Gasteiger partial charge in [0, 0.05) is 21.7 Å². The lowest BCUT2D eigenvalue weighted by Gasteiger charge is -1.97. The number of imidazole rings is 1. The largest absolute Gasteiger partial charge is 0.325 e. The quantitative estimate of drug-likeness (QED) is 0.880. The van der Waals surface area contributed by atoms with E-state index in [-0.39, 0.29) is 5.69 Å². The summed E-state index contributed by atoms with van der Waals surface area (Å²) in [5.74, 6) is 0. The molecule has 2 aromatic heterocycles. The molecular weight excluding hydrogens is 252 g/mol. The Hall–Kier alpha value is -0.810. The second-order valence-electron chi connectivity index (χ2n) is 2.58. The fourth-order valence-electron chi connectivity index (χ4n) is 1.07. The first-order valence-corrected chi connectivity index (χ1v) is 5.40. The van der Waals surface area contributed by atoms with E-state index < -0.39 is 0 Å². The van der Waals surface area contributed by atoms with Crippen LogP contribution in [-0.2, 0) is 6.54 Å². The highest BCUT2D eigenvalue weighted by molar-refractivity contribution is 9.10. The number of hydrogen-bond acceptors (Lipinski definition) is 2. The van der Waals surface area contributed by atoms with Crippen molar-refractivity contribution in [2.45, 2.75) is 6.54 Å². The van der Waals surface area contributed by atoms with E-state index in [9.17, 15) is 4.79 Å². The number of aromatic nitrogens is 2. The van der Waals surface area contributed by atoms with Gasteiger partial charge in [-0.25, -0.2) is 4.79 Å². The van der Waals surface area contributed by atoms with E-state index in [0.29, 0.717) is 6.54 Å². The Balaban J connectivity index is 2.29. The van der Waals surface area contributed by atoms with Crippen LogP contribution in [0.3, 0.4) is 0 Å². The van der Waals surface area contributed by atoms with Crippen molar-refractivity contribution in [2.75, 3.05) is 0 Å². The highest BCUT2D eigenvalue weighted by atomic mass is 79.9. The zero-order valence-electron chi connectivity index (χ0n) is 6.66. The normalized spacial score (nSPS) is 10.5. The molecule has 0 bridgehead atoms. The van der Waals surface area contributed by atoms with Crippen LogP contribution in [-0.4, -0.2) is 9.55 Å². The number of H-pyrrole nitrogens is 1. The monoisotopic (exact) mass is 258 g/mol. The van der Waals surface area contributed by atoms with Gasteiger partial charge < -0.3 is 4.98 Å². The predicted octanol–water partition coefficient (Wildman–Crippen LogP) is 2.05. The summed E-state index contributed by atoms with van der Waals surface area (Å²) in [4.78, 5) is 14.9. The van der Waals surface area contributed by atoms with Crippen molar-refractivity contribution in [2.24, 2.45) is 0 Å².